The van der Waals surface area contributed by atoms with Crippen LogP contribution in [0.15, 0.2) is 28.4 Å². The quantitative estimate of drug-likeness (QED) is 0.647. The van der Waals surface area contributed by atoms with Crippen molar-refractivity contribution < 1.29 is 19.1 Å². The van der Waals surface area contributed by atoms with Gasteiger partial charge >= 0.3 is 10.8 Å². The number of ether oxygens (including phenoxy) is 1. The van der Waals surface area contributed by atoms with E-state index < -0.39 is 12.6 Å². The minimum absolute atomic E-state index is 0.109. The molecular formula is C17H16N2O5S. The minimum Gasteiger partial charge on any atom is -0.456 e. The van der Waals surface area contributed by atoms with Crippen LogP contribution in [0.2, 0.25) is 0 Å². The van der Waals surface area contributed by atoms with E-state index in [0.717, 1.165) is 16.9 Å². The lowest BCUT2D eigenvalue weighted by Gasteiger charge is -2.07. The lowest BCUT2D eigenvalue weighted by Crippen LogP contribution is -2.24. The van der Waals surface area contributed by atoms with Gasteiger partial charge in [-0.1, -0.05) is 11.3 Å². The van der Waals surface area contributed by atoms with Crippen molar-refractivity contribution >= 4 is 34.7 Å². The van der Waals surface area contributed by atoms with E-state index in [1.165, 1.54) is 4.57 Å². The van der Waals surface area contributed by atoms with Crippen LogP contribution in [0.3, 0.4) is 0 Å². The Kier molecular flexibility index (Phi) is 4.54. The van der Waals surface area contributed by atoms with Crippen LogP contribution in [0, 0.1) is 6.92 Å². The van der Waals surface area contributed by atoms with Crippen LogP contribution >= 0.6 is 11.3 Å². The number of amides is 1. The maximum absolute atomic E-state index is 12.2. The van der Waals surface area contributed by atoms with Crippen LogP contribution in [-0.2, 0) is 20.9 Å². The molecule has 2 aromatic rings. The van der Waals surface area contributed by atoms with Crippen molar-refractivity contribution in [2.75, 3.05) is 11.9 Å². The molecule has 0 saturated carbocycles. The smallest absolute Gasteiger partial charge is 0.326 e. The molecule has 1 N–H and O–H groups in total. The number of benzene rings is 1. The maximum atomic E-state index is 12.2. The van der Waals surface area contributed by atoms with E-state index in [2.05, 4.69) is 5.32 Å². The Morgan fingerprint density at radius 1 is 1.32 bits per heavy atom. The first-order valence-corrected chi connectivity index (χ1v) is 8.53. The van der Waals surface area contributed by atoms with E-state index in [0.29, 0.717) is 16.9 Å². The molecule has 130 valence electrons. The number of aryl methyl sites for hydroxylation is 1. The molecule has 1 aliphatic heterocycles. The summed E-state index contributed by atoms with van der Waals surface area (Å²) in [7, 11) is 0. The van der Waals surface area contributed by atoms with Gasteiger partial charge in [-0.15, -0.1) is 0 Å². The molecule has 0 spiro atoms. The summed E-state index contributed by atoms with van der Waals surface area (Å²) >= 11 is 1.01. The Labute approximate surface area is 147 Å². The molecule has 1 aromatic carbocycles. The third-order valence-corrected chi connectivity index (χ3v) is 5.00. The van der Waals surface area contributed by atoms with E-state index in [9.17, 15) is 19.2 Å². The maximum Gasteiger partial charge on any atom is 0.326 e. The molecule has 1 aliphatic rings. The fourth-order valence-electron chi connectivity index (χ4n) is 2.59. The molecule has 1 atom stereocenters. The van der Waals surface area contributed by atoms with Crippen LogP contribution in [0.5, 0.6) is 0 Å². The number of hydrogen-bond donors (Lipinski definition) is 1. The molecule has 2 heterocycles. The average molecular weight is 360 g/mol. The first-order chi connectivity index (χ1) is 11.9. The number of nitrogens with zero attached hydrogens (tertiary/aromatic N) is 1. The van der Waals surface area contributed by atoms with Gasteiger partial charge in [-0.25, -0.2) is 0 Å². The average Bonchev–Trinajstić information content (AvgIpc) is 3.05. The zero-order valence-electron chi connectivity index (χ0n) is 13.7. The molecular weight excluding hydrogens is 344 g/mol. The number of carbonyl (C=O) groups is 3. The van der Waals surface area contributed by atoms with Gasteiger partial charge in [0.25, 0.3) is 0 Å². The summed E-state index contributed by atoms with van der Waals surface area (Å²) in [6.07, 6.45) is 0. The SMILES string of the molecule is Cc1csc(=O)n1CC(=O)OCC(=O)c1ccc2c(c1)[C@@H](C)C(=O)N2. The topological polar surface area (TPSA) is 94.5 Å². The minimum atomic E-state index is -0.650. The molecule has 0 radical (unpaired) electrons. The van der Waals surface area contributed by atoms with Gasteiger partial charge in [0, 0.05) is 22.3 Å². The van der Waals surface area contributed by atoms with E-state index in [4.69, 9.17) is 4.74 Å². The summed E-state index contributed by atoms with van der Waals surface area (Å²) in [4.78, 5) is 47.0. The Bertz CT molecular complexity index is 927. The van der Waals surface area contributed by atoms with Crippen molar-refractivity contribution in [2.24, 2.45) is 0 Å². The van der Waals surface area contributed by atoms with E-state index in [-0.39, 0.29) is 29.0 Å². The van der Waals surface area contributed by atoms with Crippen molar-refractivity contribution in [3.8, 4) is 0 Å². The van der Waals surface area contributed by atoms with Gasteiger partial charge in [0.1, 0.15) is 6.54 Å². The number of ketones is 1. The predicted molar refractivity (Wildman–Crippen MR) is 92.1 cm³/mol. The van der Waals surface area contributed by atoms with E-state index >= 15 is 0 Å². The van der Waals surface area contributed by atoms with Gasteiger partial charge in [-0.2, -0.15) is 0 Å². The molecule has 8 heteroatoms. The Morgan fingerprint density at radius 3 is 2.76 bits per heavy atom. The number of esters is 1. The number of hydrogen-bond acceptors (Lipinski definition) is 6. The number of rotatable bonds is 5. The van der Waals surface area contributed by atoms with Crippen LogP contribution in [0.4, 0.5) is 5.69 Å². The Hall–Kier alpha value is -2.74. The van der Waals surface area contributed by atoms with Crippen LogP contribution in [0.25, 0.3) is 0 Å². The molecule has 0 bridgehead atoms. The van der Waals surface area contributed by atoms with Gasteiger partial charge in [0.2, 0.25) is 5.91 Å². The number of fused-ring (bicyclic) bond motifs is 1. The molecule has 1 amide bonds. The van der Waals surface area contributed by atoms with E-state index in [1.54, 1.807) is 37.4 Å². The van der Waals surface area contributed by atoms with Gasteiger partial charge in [-0.05, 0) is 37.6 Å². The van der Waals surface area contributed by atoms with Crippen molar-refractivity contribution in [1.29, 1.82) is 0 Å². The Morgan fingerprint density at radius 2 is 2.08 bits per heavy atom. The largest absolute Gasteiger partial charge is 0.456 e. The van der Waals surface area contributed by atoms with Gasteiger partial charge < -0.3 is 10.1 Å². The number of aromatic nitrogens is 1. The van der Waals surface area contributed by atoms with Crippen molar-refractivity contribution in [1.82, 2.24) is 4.57 Å². The third kappa shape index (κ3) is 3.39. The molecule has 1 aromatic heterocycles. The summed E-state index contributed by atoms with van der Waals surface area (Å²) in [5.41, 5.74) is 2.49. The second kappa shape index (κ2) is 6.64. The van der Waals surface area contributed by atoms with Crippen LogP contribution < -0.4 is 10.2 Å². The monoisotopic (exact) mass is 360 g/mol. The molecule has 0 unspecified atom stereocenters. The third-order valence-electron chi connectivity index (χ3n) is 4.12. The summed E-state index contributed by atoms with van der Waals surface area (Å²) in [6, 6.07) is 4.89. The number of Topliss-reactive ketones (excluding diaryl/α,β-unsaturated/α-hetero) is 1. The fourth-order valence-corrected chi connectivity index (χ4v) is 3.33. The molecule has 0 saturated heterocycles. The summed E-state index contributed by atoms with van der Waals surface area (Å²) < 4.78 is 6.28. The standard InChI is InChI=1S/C17H16N2O5S/c1-9-8-25-17(23)19(9)6-15(21)24-7-14(20)11-3-4-13-12(5-11)10(2)16(22)18-13/h3-5,8,10H,6-7H2,1-2H3,(H,18,22)/t10-/m1/s1. The van der Waals surface area contributed by atoms with E-state index in [1.807, 2.05) is 0 Å². The van der Waals surface area contributed by atoms with Crippen molar-refractivity contribution in [3.05, 3.63) is 50.1 Å². The normalized spacial score (nSPS) is 15.6. The lowest BCUT2D eigenvalue weighted by atomic mass is 9.99. The molecule has 0 aliphatic carbocycles. The van der Waals surface area contributed by atoms with Crippen molar-refractivity contribution in [3.63, 3.8) is 0 Å². The van der Waals surface area contributed by atoms with Crippen LogP contribution in [0.1, 0.15) is 34.5 Å². The molecule has 7 nitrogen and oxygen atoms in total. The number of thiazole rings is 1. The first-order valence-electron chi connectivity index (χ1n) is 7.65. The molecule has 3 rings (SSSR count). The number of carbonyl (C=O) groups excluding carboxylic acids is 3. The Balaban J connectivity index is 1.63. The first kappa shape index (κ1) is 17.1. The molecule has 25 heavy (non-hydrogen) atoms. The highest BCUT2D eigenvalue weighted by molar-refractivity contribution is 7.07. The number of nitrogens with one attached hydrogen (secondary N) is 1. The van der Waals surface area contributed by atoms with Gasteiger partial charge in [-0.3, -0.25) is 23.7 Å². The summed E-state index contributed by atoms with van der Waals surface area (Å²) in [6.45, 7) is 2.85. The molecule has 0 fully saturated rings. The highest BCUT2D eigenvalue weighted by atomic mass is 32.1. The highest BCUT2D eigenvalue weighted by Gasteiger charge is 2.27. The summed E-state index contributed by atoms with van der Waals surface area (Å²) in [5, 5.41) is 4.39. The van der Waals surface area contributed by atoms with Crippen LogP contribution in [-0.4, -0.2) is 28.8 Å². The zero-order chi connectivity index (χ0) is 18.1. The highest BCUT2D eigenvalue weighted by Crippen LogP contribution is 2.32. The second-order valence-corrected chi connectivity index (χ2v) is 6.65. The van der Waals surface area contributed by atoms with Gasteiger partial charge in [0.05, 0.1) is 5.92 Å². The lowest BCUT2D eigenvalue weighted by molar-refractivity contribution is -0.143. The van der Waals surface area contributed by atoms with Crippen molar-refractivity contribution in [2.45, 2.75) is 26.3 Å². The predicted octanol–water partition coefficient (Wildman–Crippen LogP) is 1.70. The zero-order valence-corrected chi connectivity index (χ0v) is 14.5. The fraction of sp³-hybridized carbons (Fsp3) is 0.294. The number of anilines is 1. The van der Waals surface area contributed by atoms with Gasteiger partial charge in [0.15, 0.2) is 12.4 Å². The summed E-state index contributed by atoms with van der Waals surface area (Å²) in [5.74, 6) is -1.44. The second-order valence-electron chi connectivity index (χ2n) is 5.83.